The van der Waals surface area contributed by atoms with Crippen LogP contribution in [0.2, 0.25) is 0 Å². The zero-order chi connectivity index (χ0) is 15.7. The number of nitrogens with one attached hydrogen (secondary N) is 1. The van der Waals surface area contributed by atoms with Gasteiger partial charge in [0.2, 0.25) is 10.0 Å². The molecule has 1 aromatic rings. The highest BCUT2D eigenvalue weighted by Crippen LogP contribution is 2.22. The van der Waals surface area contributed by atoms with Crippen LogP contribution in [-0.4, -0.2) is 34.9 Å². The molecule has 114 valence electrons. The zero-order valence-electron chi connectivity index (χ0n) is 10.7. The molecule has 1 unspecified atom stereocenters. The van der Waals surface area contributed by atoms with Crippen molar-refractivity contribution in [3.05, 3.63) is 23.8 Å². The number of anilines is 1. The van der Waals surface area contributed by atoms with Gasteiger partial charge in [0.15, 0.2) is 5.82 Å². The molecule has 6 nitrogen and oxygen atoms in total. The highest BCUT2D eigenvalue weighted by Gasteiger charge is 2.25. The Morgan fingerprint density at radius 1 is 1.25 bits per heavy atom. The lowest BCUT2D eigenvalue weighted by Gasteiger charge is -2.14. The summed E-state index contributed by atoms with van der Waals surface area (Å²) in [6, 6.07) is 0.464. The molecule has 20 heavy (non-hydrogen) atoms. The number of benzene rings is 1. The van der Waals surface area contributed by atoms with Crippen LogP contribution in [0.5, 0.6) is 0 Å². The summed E-state index contributed by atoms with van der Waals surface area (Å²) in [6.07, 6.45) is 0.939. The molecule has 0 aliphatic heterocycles. The Morgan fingerprint density at radius 2 is 1.80 bits per heavy atom. The second-order valence-electron chi connectivity index (χ2n) is 4.39. The lowest BCUT2D eigenvalue weighted by Crippen LogP contribution is -2.37. The van der Waals surface area contributed by atoms with E-state index in [0.29, 0.717) is 6.07 Å². The minimum Gasteiger partial charge on any atom is -0.394 e. The van der Waals surface area contributed by atoms with E-state index in [1.807, 2.05) is 4.72 Å². The van der Waals surface area contributed by atoms with Crippen LogP contribution < -0.4 is 10.5 Å². The van der Waals surface area contributed by atoms with Gasteiger partial charge in [-0.15, -0.1) is 0 Å². The van der Waals surface area contributed by atoms with Crippen molar-refractivity contribution in [2.45, 2.75) is 17.9 Å². The third-order valence-corrected chi connectivity index (χ3v) is 5.00. The molecular weight excluding hydrogens is 314 g/mol. The summed E-state index contributed by atoms with van der Waals surface area (Å²) in [5, 5.41) is 0. The molecule has 0 bridgehead atoms. The molecule has 1 atom stereocenters. The van der Waals surface area contributed by atoms with Crippen molar-refractivity contribution in [1.82, 2.24) is 4.72 Å². The summed E-state index contributed by atoms with van der Waals surface area (Å²) < 4.78 is 74.5. The highest BCUT2D eigenvalue weighted by atomic mass is 32.2. The SMILES string of the molecule is CC(CS(C)(=O)=O)NS(=O)(=O)c1ccc(F)c(N)c1F. The van der Waals surface area contributed by atoms with E-state index in [4.69, 9.17) is 5.73 Å². The Hall–Kier alpha value is -1.26. The van der Waals surface area contributed by atoms with Crippen LogP contribution in [0.25, 0.3) is 0 Å². The number of nitrogens with two attached hydrogens (primary N) is 1. The third-order valence-electron chi connectivity index (χ3n) is 2.29. The molecule has 1 rings (SSSR count). The van der Waals surface area contributed by atoms with Gasteiger partial charge in [-0.2, -0.15) is 0 Å². The van der Waals surface area contributed by atoms with Crippen LogP contribution in [0.4, 0.5) is 14.5 Å². The fraction of sp³-hybridized carbons (Fsp3) is 0.400. The summed E-state index contributed by atoms with van der Waals surface area (Å²) in [5.41, 5.74) is 4.16. The van der Waals surface area contributed by atoms with Gasteiger partial charge in [0.05, 0.1) is 5.75 Å². The van der Waals surface area contributed by atoms with Crippen LogP contribution in [0.15, 0.2) is 17.0 Å². The van der Waals surface area contributed by atoms with Gasteiger partial charge >= 0.3 is 0 Å². The van der Waals surface area contributed by atoms with Crippen molar-refractivity contribution in [1.29, 1.82) is 0 Å². The van der Waals surface area contributed by atoms with Gasteiger partial charge < -0.3 is 5.73 Å². The van der Waals surface area contributed by atoms with E-state index in [2.05, 4.69) is 0 Å². The maximum atomic E-state index is 13.6. The summed E-state index contributed by atoms with van der Waals surface area (Å²) in [4.78, 5) is -0.836. The molecule has 0 aromatic heterocycles. The Kier molecular flexibility index (Phi) is 4.72. The first-order chi connectivity index (χ1) is 8.94. The molecule has 0 saturated carbocycles. The first-order valence-electron chi connectivity index (χ1n) is 5.37. The number of halogens is 2. The first kappa shape index (κ1) is 16.8. The lowest BCUT2D eigenvalue weighted by molar-refractivity contribution is 0.541. The molecule has 0 aliphatic rings. The van der Waals surface area contributed by atoms with Crippen molar-refractivity contribution < 1.29 is 25.6 Å². The number of nitrogen functional groups attached to an aromatic ring is 1. The van der Waals surface area contributed by atoms with E-state index in [1.54, 1.807) is 0 Å². The quantitative estimate of drug-likeness (QED) is 0.754. The van der Waals surface area contributed by atoms with E-state index in [9.17, 15) is 25.6 Å². The summed E-state index contributed by atoms with van der Waals surface area (Å²) in [6.45, 7) is 1.31. The molecule has 0 fully saturated rings. The number of hydrogen-bond acceptors (Lipinski definition) is 5. The van der Waals surface area contributed by atoms with Crippen LogP contribution in [0, 0.1) is 11.6 Å². The third kappa shape index (κ3) is 4.12. The predicted octanol–water partition coefficient (Wildman–Crippen LogP) is 0.258. The largest absolute Gasteiger partial charge is 0.394 e. The normalized spacial score (nSPS) is 14.2. The van der Waals surface area contributed by atoms with E-state index in [-0.39, 0.29) is 0 Å². The van der Waals surface area contributed by atoms with Crippen LogP contribution >= 0.6 is 0 Å². The maximum absolute atomic E-state index is 13.6. The standard InChI is InChI=1S/C10H14F2N2O4S2/c1-6(5-19(2,15)16)14-20(17,18)8-4-3-7(11)10(13)9(8)12/h3-4,6,14H,5,13H2,1-2H3. The van der Waals surface area contributed by atoms with E-state index in [0.717, 1.165) is 12.3 Å². The van der Waals surface area contributed by atoms with Gasteiger partial charge in [-0.3, -0.25) is 0 Å². The van der Waals surface area contributed by atoms with Gasteiger partial charge in [0, 0.05) is 12.3 Å². The fourth-order valence-corrected chi connectivity index (χ4v) is 4.00. The van der Waals surface area contributed by atoms with Gasteiger partial charge in [0.1, 0.15) is 26.2 Å². The first-order valence-corrected chi connectivity index (χ1v) is 8.92. The van der Waals surface area contributed by atoms with Gasteiger partial charge in [-0.25, -0.2) is 30.3 Å². The fourth-order valence-electron chi connectivity index (χ4n) is 1.57. The molecule has 0 saturated heterocycles. The molecule has 0 heterocycles. The Balaban J connectivity index is 3.10. The van der Waals surface area contributed by atoms with Gasteiger partial charge in [-0.05, 0) is 19.1 Å². The van der Waals surface area contributed by atoms with Crippen molar-refractivity contribution in [3.8, 4) is 0 Å². The summed E-state index contributed by atoms with van der Waals surface area (Å²) in [5.74, 6) is -2.94. The summed E-state index contributed by atoms with van der Waals surface area (Å²) in [7, 11) is -7.75. The number of hydrogen-bond donors (Lipinski definition) is 2. The molecule has 1 aromatic carbocycles. The molecule has 0 amide bonds. The average Bonchev–Trinajstić information content (AvgIpc) is 2.21. The molecule has 0 spiro atoms. The number of sulfone groups is 1. The molecule has 0 radical (unpaired) electrons. The van der Waals surface area contributed by atoms with Crippen molar-refractivity contribution in [2.75, 3.05) is 17.7 Å². The predicted molar refractivity (Wildman–Crippen MR) is 70.3 cm³/mol. The topological polar surface area (TPSA) is 106 Å². The Morgan fingerprint density at radius 3 is 2.30 bits per heavy atom. The molecule has 10 heteroatoms. The second-order valence-corrected chi connectivity index (χ2v) is 8.26. The monoisotopic (exact) mass is 328 g/mol. The Labute approximate surface area is 115 Å². The maximum Gasteiger partial charge on any atom is 0.243 e. The minimum atomic E-state index is -4.34. The molecule has 0 aliphatic carbocycles. The van der Waals surface area contributed by atoms with Crippen LogP contribution in [0.3, 0.4) is 0 Å². The van der Waals surface area contributed by atoms with Crippen LogP contribution in [-0.2, 0) is 19.9 Å². The lowest BCUT2D eigenvalue weighted by atomic mass is 10.3. The van der Waals surface area contributed by atoms with Crippen molar-refractivity contribution >= 4 is 25.5 Å². The Bertz CT molecular complexity index is 717. The molecular formula is C10H14F2N2O4S2. The van der Waals surface area contributed by atoms with E-state index < -0.39 is 53.9 Å². The number of sulfonamides is 1. The van der Waals surface area contributed by atoms with E-state index >= 15 is 0 Å². The van der Waals surface area contributed by atoms with E-state index in [1.165, 1.54) is 6.92 Å². The second kappa shape index (κ2) is 5.62. The van der Waals surface area contributed by atoms with Gasteiger partial charge in [0.25, 0.3) is 0 Å². The smallest absolute Gasteiger partial charge is 0.243 e. The minimum absolute atomic E-state index is 0.454. The van der Waals surface area contributed by atoms with Crippen molar-refractivity contribution in [2.24, 2.45) is 0 Å². The molecule has 3 N–H and O–H groups in total. The van der Waals surface area contributed by atoms with Gasteiger partial charge in [-0.1, -0.05) is 0 Å². The highest BCUT2D eigenvalue weighted by molar-refractivity contribution is 7.91. The number of rotatable bonds is 5. The average molecular weight is 328 g/mol. The van der Waals surface area contributed by atoms with Crippen molar-refractivity contribution in [3.63, 3.8) is 0 Å². The van der Waals surface area contributed by atoms with Crippen LogP contribution in [0.1, 0.15) is 6.92 Å². The zero-order valence-corrected chi connectivity index (χ0v) is 12.4. The summed E-state index contributed by atoms with van der Waals surface area (Å²) >= 11 is 0.